The molecule has 0 fully saturated rings. The molecule has 0 aliphatic heterocycles. The molecule has 2 rings (SSSR count). The molecule has 0 unspecified atom stereocenters. The number of hydrogen-bond acceptors (Lipinski definition) is 3. The van der Waals surface area contributed by atoms with Crippen LogP contribution in [0.3, 0.4) is 0 Å². The quantitative estimate of drug-likeness (QED) is 0.692. The maximum Gasteiger partial charge on any atom is 0.338 e. The van der Waals surface area contributed by atoms with Crippen LogP contribution < -0.4 is 5.73 Å². The molecule has 0 radical (unpaired) electrons. The van der Waals surface area contributed by atoms with Gasteiger partial charge in [-0.25, -0.2) is 9.18 Å². The average Bonchev–Trinajstić information content (AvgIpc) is 2.40. The number of nitrogens with two attached hydrogens (primary N) is 1. The number of carbonyl (C=O) groups excluding carboxylic acids is 1. The van der Waals surface area contributed by atoms with Gasteiger partial charge in [0.2, 0.25) is 0 Å². The molecule has 0 aromatic heterocycles. The second kappa shape index (κ2) is 5.71. The first kappa shape index (κ1) is 13.4. The highest BCUT2D eigenvalue weighted by molar-refractivity contribution is 6.30. The van der Waals surface area contributed by atoms with Gasteiger partial charge in [-0.2, -0.15) is 0 Å². The predicted molar refractivity (Wildman–Crippen MR) is 71.4 cm³/mol. The highest BCUT2D eigenvalue weighted by Gasteiger charge is 2.11. The van der Waals surface area contributed by atoms with Crippen LogP contribution in [0.4, 0.5) is 10.1 Å². The van der Waals surface area contributed by atoms with Crippen LogP contribution in [0.5, 0.6) is 0 Å². The van der Waals surface area contributed by atoms with Gasteiger partial charge in [-0.1, -0.05) is 29.8 Å². The Morgan fingerprint density at radius 1 is 1.26 bits per heavy atom. The van der Waals surface area contributed by atoms with Crippen LogP contribution in [0, 0.1) is 5.82 Å². The predicted octanol–water partition coefficient (Wildman–Crippen LogP) is 3.42. The summed E-state index contributed by atoms with van der Waals surface area (Å²) in [4.78, 5) is 11.7. The van der Waals surface area contributed by atoms with E-state index in [0.29, 0.717) is 11.3 Å². The minimum absolute atomic E-state index is 0.00231. The summed E-state index contributed by atoms with van der Waals surface area (Å²) < 4.78 is 18.6. The highest BCUT2D eigenvalue weighted by Crippen LogP contribution is 2.19. The summed E-state index contributed by atoms with van der Waals surface area (Å²) in [6.45, 7) is -0.181. The summed E-state index contributed by atoms with van der Waals surface area (Å²) in [7, 11) is 0. The number of esters is 1. The molecule has 2 N–H and O–H groups in total. The lowest BCUT2D eigenvalue weighted by Crippen LogP contribution is -2.06. The first-order chi connectivity index (χ1) is 9.08. The lowest BCUT2D eigenvalue weighted by atomic mass is 10.2. The van der Waals surface area contributed by atoms with E-state index in [2.05, 4.69) is 0 Å². The van der Waals surface area contributed by atoms with Crippen molar-refractivity contribution in [2.75, 3.05) is 5.73 Å². The molecule has 19 heavy (non-hydrogen) atoms. The third-order valence-corrected chi connectivity index (χ3v) is 2.80. The molecule has 2 aromatic carbocycles. The molecule has 2 aromatic rings. The maximum atomic E-state index is 13.6. The fraction of sp³-hybridized carbons (Fsp3) is 0.0714. The summed E-state index contributed by atoms with van der Waals surface area (Å²) in [6, 6.07) is 10.9. The maximum absolute atomic E-state index is 13.6. The number of rotatable bonds is 3. The second-order valence-electron chi connectivity index (χ2n) is 3.91. The molecule has 0 amide bonds. The Kier molecular flexibility index (Phi) is 4.02. The number of nitrogen functional groups attached to an aromatic ring is 1. The van der Waals surface area contributed by atoms with E-state index in [9.17, 15) is 9.18 Å². The Hall–Kier alpha value is -2.07. The van der Waals surface area contributed by atoms with Crippen molar-refractivity contribution in [3.8, 4) is 0 Å². The molecule has 0 atom stereocenters. The molecule has 0 heterocycles. The van der Waals surface area contributed by atoms with Gasteiger partial charge in [0, 0.05) is 11.3 Å². The smallest absolute Gasteiger partial charge is 0.338 e. The van der Waals surface area contributed by atoms with Crippen molar-refractivity contribution < 1.29 is 13.9 Å². The van der Waals surface area contributed by atoms with E-state index in [1.165, 1.54) is 18.2 Å². The lowest BCUT2D eigenvalue weighted by Gasteiger charge is -2.07. The summed E-state index contributed by atoms with van der Waals surface area (Å²) in [6.07, 6.45) is 0. The zero-order valence-corrected chi connectivity index (χ0v) is 10.7. The monoisotopic (exact) mass is 279 g/mol. The zero-order chi connectivity index (χ0) is 13.8. The third kappa shape index (κ3) is 3.23. The van der Waals surface area contributed by atoms with Gasteiger partial charge in [0.25, 0.3) is 0 Å². The van der Waals surface area contributed by atoms with Crippen molar-refractivity contribution in [2.24, 2.45) is 0 Å². The van der Waals surface area contributed by atoms with E-state index in [1.54, 1.807) is 24.3 Å². The fourth-order valence-corrected chi connectivity index (χ4v) is 1.75. The van der Waals surface area contributed by atoms with E-state index in [1.807, 2.05) is 0 Å². The van der Waals surface area contributed by atoms with Crippen LogP contribution in [0.15, 0.2) is 42.5 Å². The number of hydrogen-bond donors (Lipinski definition) is 1. The van der Waals surface area contributed by atoms with Crippen molar-refractivity contribution >= 4 is 23.3 Å². The Labute approximate surface area is 114 Å². The minimum atomic E-state index is -0.579. The van der Waals surface area contributed by atoms with E-state index in [0.717, 1.165) is 0 Å². The molecule has 0 bridgehead atoms. The topological polar surface area (TPSA) is 52.3 Å². The number of halogens is 2. The van der Waals surface area contributed by atoms with Crippen LogP contribution >= 0.6 is 11.6 Å². The molecule has 0 saturated carbocycles. The van der Waals surface area contributed by atoms with Gasteiger partial charge in [-0.3, -0.25) is 0 Å². The van der Waals surface area contributed by atoms with Gasteiger partial charge >= 0.3 is 5.97 Å². The van der Waals surface area contributed by atoms with Crippen molar-refractivity contribution in [1.29, 1.82) is 0 Å². The van der Waals surface area contributed by atoms with Gasteiger partial charge < -0.3 is 10.5 Å². The zero-order valence-electron chi connectivity index (χ0n) is 9.90. The van der Waals surface area contributed by atoms with Crippen LogP contribution in [0.2, 0.25) is 5.02 Å². The molecule has 5 heteroatoms. The molecular weight excluding hydrogens is 269 g/mol. The Morgan fingerprint density at radius 3 is 2.74 bits per heavy atom. The van der Waals surface area contributed by atoms with E-state index >= 15 is 0 Å². The summed E-state index contributed by atoms with van der Waals surface area (Å²) in [5.41, 5.74) is 6.57. The second-order valence-corrected chi connectivity index (χ2v) is 4.32. The number of carbonyl (C=O) groups is 1. The first-order valence-electron chi connectivity index (χ1n) is 5.53. The number of ether oxygens (including phenoxy) is 1. The van der Waals surface area contributed by atoms with Gasteiger partial charge in [0.05, 0.1) is 10.6 Å². The molecule has 0 spiro atoms. The Balaban J connectivity index is 2.07. The summed E-state index contributed by atoms with van der Waals surface area (Å²) in [5.74, 6) is -1.14. The van der Waals surface area contributed by atoms with E-state index in [4.69, 9.17) is 22.1 Å². The Bertz CT molecular complexity index is 616. The van der Waals surface area contributed by atoms with Crippen molar-refractivity contribution in [3.05, 3.63) is 64.4 Å². The van der Waals surface area contributed by atoms with Gasteiger partial charge in [-0.15, -0.1) is 0 Å². The van der Waals surface area contributed by atoms with Crippen LogP contribution in [-0.2, 0) is 11.3 Å². The largest absolute Gasteiger partial charge is 0.457 e. The molecule has 0 aliphatic rings. The van der Waals surface area contributed by atoms with Gasteiger partial charge in [-0.05, 0) is 24.3 Å². The van der Waals surface area contributed by atoms with Crippen LogP contribution in [0.1, 0.15) is 15.9 Å². The SMILES string of the molecule is Nc1cccc(C(=O)OCc2cccc(Cl)c2F)c1. The summed E-state index contributed by atoms with van der Waals surface area (Å²) >= 11 is 5.63. The van der Waals surface area contributed by atoms with Crippen molar-refractivity contribution in [2.45, 2.75) is 6.61 Å². The molecule has 3 nitrogen and oxygen atoms in total. The molecule has 98 valence electrons. The molecule has 0 aliphatic carbocycles. The Morgan fingerprint density at radius 2 is 2.00 bits per heavy atom. The van der Waals surface area contributed by atoms with Crippen molar-refractivity contribution in [3.63, 3.8) is 0 Å². The molecular formula is C14H11ClFNO2. The van der Waals surface area contributed by atoms with E-state index in [-0.39, 0.29) is 17.2 Å². The standard InChI is InChI=1S/C14H11ClFNO2/c15-12-6-2-4-10(13(12)16)8-19-14(18)9-3-1-5-11(17)7-9/h1-7H,8,17H2. The van der Waals surface area contributed by atoms with Gasteiger partial charge in [0.15, 0.2) is 0 Å². The van der Waals surface area contributed by atoms with Crippen LogP contribution in [0.25, 0.3) is 0 Å². The average molecular weight is 280 g/mol. The van der Waals surface area contributed by atoms with Gasteiger partial charge in [0.1, 0.15) is 12.4 Å². The first-order valence-corrected chi connectivity index (χ1v) is 5.91. The molecule has 0 saturated heterocycles. The van der Waals surface area contributed by atoms with E-state index < -0.39 is 11.8 Å². The van der Waals surface area contributed by atoms with Crippen LogP contribution in [-0.4, -0.2) is 5.97 Å². The number of benzene rings is 2. The highest BCUT2D eigenvalue weighted by atomic mass is 35.5. The number of anilines is 1. The summed E-state index contributed by atoms with van der Waals surface area (Å²) in [5, 5.41) is -0.00231. The van der Waals surface area contributed by atoms with Crippen molar-refractivity contribution in [1.82, 2.24) is 0 Å². The fourth-order valence-electron chi connectivity index (χ4n) is 1.55. The lowest BCUT2D eigenvalue weighted by molar-refractivity contribution is 0.0469. The third-order valence-electron chi connectivity index (χ3n) is 2.51. The minimum Gasteiger partial charge on any atom is -0.457 e. The normalized spacial score (nSPS) is 10.2.